The van der Waals surface area contributed by atoms with E-state index in [1.54, 1.807) is 18.2 Å². The summed E-state index contributed by atoms with van der Waals surface area (Å²) in [5, 5.41) is 0. The van der Waals surface area contributed by atoms with Gasteiger partial charge in [0.25, 0.3) is 0 Å². The first-order valence-electron chi connectivity index (χ1n) is 7.71. The van der Waals surface area contributed by atoms with Crippen molar-refractivity contribution in [3.05, 3.63) is 59.2 Å². The van der Waals surface area contributed by atoms with E-state index in [-0.39, 0.29) is 18.1 Å². The summed E-state index contributed by atoms with van der Waals surface area (Å²) < 4.78 is 32.8. The van der Waals surface area contributed by atoms with Crippen LogP contribution in [0.4, 0.5) is 5.69 Å². The number of ether oxygens (including phenoxy) is 1. The van der Waals surface area contributed by atoms with Gasteiger partial charge in [0.15, 0.2) is 5.78 Å². The molecule has 0 atom stereocenters. The quantitative estimate of drug-likeness (QED) is 0.799. The topological polar surface area (TPSA) is 63.7 Å². The van der Waals surface area contributed by atoms with Gasteiger partial charge in [-0.2, -0.15) is 0 Å². The Kier molecular flexibility index (Phi) is 4.32. The molecule has 5 nitrogen and oxygen atoms in total. The monoisotopic (exact) mass is 345 g/mol. The van der Waals surface area contributed by atoms with Gasteiger partial charge < -0.3 is 4.74 Å². The molecule has 0 N–H and O–H groups in total. The zero-order chi connectivity index (χ0) is 17.3. The Hall–Kier alpha value is -2.34. The van der Waals surface area contributed by atoms with Gasteiger partial charge in [-0.05, 0) is 43.2 Å². The van der Waals surface area contributed by atoms with E-state index >= 15 is 0 Å². The SMILES string of the molecule is CC(=O)c1ccc2c(c1)N(S(=O)(=O)Cc1ccccc1C)CCO2. The number of nitrogens with zero attached hydrogens (tertiary/aromatic N) is 1. The van der Waals surface area contributed by atoms with Gasteiger partial charge >= 0.3 is 0 Å². The number of Topliss-reactive ketones (excluding diaryl/α,β-unsaturated/α-hetero) is 1. The molecule has 24 heavy (non-hydrogen) atoms. The minimum Gasteiger partial charge on any atom is -0.489 e. The molecule has 3 rings (SSSR count). The van der Waals surface area contributed by atoms with Gasteiger partial charge in [-0.15, -0.1) is 0 Å². The standard InChI is InChI=1S/C18H19NO4S/c1-13-5-3-4-6-16(13)12-24(21,22)19-9-10-23-18-8-7-15(14(2)20)11-17(18)19/h3-8,11H,9-10,12H2,1-2H3. The van der Waals surface area contributed by atoms with Gasteiger partial charge in [-0.25, -0.2) is 8.42 Å². The van der Waals surface area contributed by atoms with Crippen LogP contribution in [0.1, 0.15) is 28.4 Å². The summed E-state index contributed by atoms with van der Waals surface area (Å²) in [6, 6.07) is 12.3. The maximum atomic E-state index is 12.9. The summed E-state index contributed by atoms with van der Waals surface area (Å²) in [6.45, 7) is 3.88. The third kappa shape index (κ3) is 3.14. The number of anilines is 1. The van der Waals surface area contributed by atoms with Crippen LogP contribution >= 0.6 is 0 Å². The molecule has 1 heterocycles. The third-order valence-electron chi connectivity index (χ3n) is 4.12. The van der Waals surface area contributed by atoms with Crippen LogP contribution in [-0.4, -0.2) is 27.4 Å². The number of sulfonamides is 1. The fraction of sp³-hybridized carbons (Fsp3) is 0.278. The fourth-order valence-electron chi connectivity index (χ4n) is 2.75. The van der Waals surface area contributed by atoms with E-state index in [2.05, 4.69) is 0 Å². The number of benzene rings is 2. The number of aryl methyl sites for hydroxylation is 1. The van der Waals surface area contributed by atoms with Crippen molar-refractivity contribution in [1.29, 1.82) is 0 Å². The predicted octanol–water partition coefficient (Wildman–Crippen LogP) is 2.93. The second kappa shape index (κ2) is 6.28. The van der Waals surface area contributed by atoms with Crippen molar-refractivity contribution in [2.24, 2.45) is 0 Å². The number of fused-ring (bicyclic) bond motifs is 1. The Bertz CT molecular complexity index is 890. The zero-order valence-corrected chi connectivity index (χ0v) is 14.5. The zero-order valence-electron chi connectivity index (χ0n) is 13.7. The Labute approximate surface area is 141 Å². The van der Waals surface area contributed by atoms with Gasteiger partial charge in [-0.3, -0.25) is 9.10 Å². The highest BCUT2D eigenvalue weighted by atomic mass is 32.2. The second-order valence-corrected chi connectivity index (χ2v) is 7.74. The molecule has 0 fully saturated rings. The average molecular weight is 345 g/mol. The first-order chi connectivity index (χ1) is 11.4. The van der Waals surface area contributed by atoms with E-state index in [1.807, 2.05) is 31.2 Å². The lowest BCUT2D eigenvalue weighted by Gasteiger charge is -2.31. The smallest absolute Gasteiger partial charge is 0.239 e. The van der Waals surface area contributed by atoms with Gasteiger partial charge in [0.2, 0.25) is 10.0 Å². The van der Waals surface area contributed by atoms with Crippen molar-refractivity contribution >= 4 is 21.5 Å². The van der Waals surface area contributed by atoms with Crippen molar-refractivity contribution in [3.8, 4) is 5.75 Å². The Morgan fingerprint density at radius 3 is 2.67 bits per heavy atom. The molecular formula is C18H19NO4S. The molecule has 0 aliphatic carbocycles. The summed E-state index contributed by atoms with van der Waals surface area (Å²) in [6.07, 6.45) is 0. The van der Waals surface area contributed by atoms with Gasteiger partial charge in [-0.1, -0.05) is 24.3 Å². The summed E-state index contributed by atoms with van der Waals surface area (Å²) in [4.78, 5) is 11.6. The molecule has 0 amide bonds. The molecule has 126 valence electrons. The molecule has 6 heteroatoms. The molecule has 0 unspecified atom stereocenters. The Morgan fingerprint density at radius 2 is 1.96 bits per heavy atom. The molecule has 0 saturated carbocycles. The number of carbonyl (C=O) groups is 1. The van der Waals surface area contributed by atoms with E-state index in [0.29, 0.717) is 23.6 Å². The van der Waals surface area contributed by atoms with Crippen LogP contribution in [0.5, 0.6) is 5.75 Å². The van der Waals surface area contributed by atoms with Crippen LogP contribution in [0.25, 0.3) is 0 Å². The van der Waals surface area contributed by atoms with Crippen molar-refractivity contribution in [3.63, 3.8) is 0 Å². The highest BCUT2D eigenvalue weighted by Crippen LogP contribution is 2.35. The number of ketones is 1. The van der Waals surface area contributed by atoms with Crippen molar-refractivity contribution in [1.82, 2.24) is 0 Å². The molecule has 0 aromatic heterocycles. The predicted molar refractivity (Wildman–Crippen MR) is 93.1 cm³/mol. The van der Waals surface area contributed by atoms with E-state index in [1.165, 1.54) is 11.2 Å². The van der Waals surface area contributed by atoms with E-state index in [0.717, 1.165) is 11.1 Å². The maximum absolute atomic E-state index is 12.9. The summed E-state index contributed by atoms with van der Waals surface area (Å²) in [5.41, 5.74) is 2.61. The van der Waals surface area contributed by atoms with Crippen molar-refractivity contribution in [2.75, 3.05) is 17.5 Å². The van der Waals surface area contributed by atoms with Crippen LogP contribution in [0.15, 0.2) is 42.5 Å². The number of carbonyl (C=O) groups excluding carboxylic acids is 1. The van der Waals surface area contributed by atoms with Crippen LogP contribution in [0, 0.1) is 6.92 Å². The first kappa shape index (κ1) is 16.5. The normalized spacial score (nSPS) is 14.0. The van der Waals surface area contributed by atoms with Gasteiger partial charge in [0.05, 0.1) is 18.0 Å². The lowest BCUT2D eigenvalue weighted by Crippen LogP contribution is -2.38. The largest absolute Gasteiger partial charge is 0.489 e. The average Bonchev–Trinajstić information content (AvgIpc) is 2.55. The fourth-order valence-corrected chi connectivity index (χ4v) is 4.42. The van der Waals surface area contributed by atoms with Crippen LogP contribution < -0.4 is 9.04 Å². The lowest BCUT2D eigenvalue weighted by molar-refractivity contribution is 0.101. The van der Waals surface area contributed by atoms with Crippen molar-refractivity contribution < 1.29 is 17.9 Å². The Balaban J connectivity index is 2.00. The van der Waals surface area contributed by atoms with E-state index in [9.17, 15) is 13.2 Å². The number of rotatable bonds is 4. The molecule has 1 aliphatic heterocycles. The molecule has 2 aromatic rings. The molecule has 2 aromatic carbocycles. The van der Waals surface area contributed by atoms with Gasteiger partial charge in [0.1, 0.15) is 12.4 Å². The number of hydrogen-bond acceptors (Lipinski definition) is 4. The minimum absolute atomic E-state index is 0.0799. The number of hydrogen-bond donors (Lipinski definition) is 0. The third-order valence-corrected chi connectivity index (χ3v) is 5.85. The molecule has 0 radical (unpaired) electrons. The highest BCUT2D eigenvalue weighted by molar-refractivity contribution is 7.92. The van der Waals surface area contributed by atoms with E-state index < -0.39 is 10.0 Å². The minimum atomic E-state index is -3.57. The molecule has 0 saturated heterocycles. The second-order valence-electron chi connectivity index (χ2n) is 5.84. The summed E-state index contributed by atoms with van der Waals surface area (Å²) in [7, 11) is -3.57. The molecular weight excluding hydrogens is 326 g/mol. The highest BCUT2D eigenvalue weighted by Gasteiger charge is 2.29. The molecule has 0 spiro atoms. The van der Waals surface area contributed by atoms with Crippen LogP contribution in [0.2, 0.25) is 0 Å². The maximum Gasteiger partial charge on any atom is 0.239 e. The van der Waals surface area contributed by atoms with E-state index in [4.69, 9.17) is 4.74 Å². The molecule has 1 aliphatic rings. The van der Waals surface area contributed by atoms with Gasteiger partial charge in [0, 0.05) is 5.56 Å². The summed E-state index contributed by atoms with van der Waals surface area (Å²) in [5.74, 6) is 0.294. The van der Waals surface area contributed by atoms with Crippen LogP contribution in [-0.2, 0) is 15.8 Å². The summed E-state index contributed by atoms with van der Waals surface area (Å²) >= 11 is 0. The van der Waals surface area contributed by atoms with Crippen molar-refractivity contribution in [2.45, 2.75) is 19.6 Å². The van der Waals surface area contributed by atoms with Crippen LogP contribution in [0.3, 0.4) is 0 Å². The lowest BCUT2D eigenvalue weighted by atomic mass is 10.1. The Morgan fingerprint density at radius 1 is 1.21 bits per heavy atom. The first-order valence-corrected chi connectivity index (χ1v) is 9.32. The molecule has 0 bridgehead atoms.